The molecule has 1 heterocycles. The Kier molecular flexibility index (Phi) is 10.1. The average molecular weight is 524 g/mol. The molecular weight excluding hydrogens is 491 g/mol. The molecule has 0 spiro atoms. The Hall–Kier alpha value is -2.16. The van der Waals surface area contributed by atoms with Crippen LogP contribution in [0.2, 0.25) is 0 Å². The molecule has 1 aliphatic heterocycles. The van der Waals surface area contributed by atoms with Crippen molar-refractivity contribution in [2.24, 2.45) is 4.99 Å². The van der Waals surface area contributed by atoms with Gasteiger partial charge in [-0.2, -0.15) is 0 Å². The lowest BCUT2D eigenvalue weighted by Gasteiger charge is -2.22. The average Bonchev–Trinajstić information content (AvgIpc) is 3.22. The largest absolute Gasteiger partial charge is 0.496 e. The van der Waals surface area contributed by atoms with E-state index in [-0.39, 0.29) is 24.0 Å². The zero-order valence-corrected chi connectivity index (χ0v) is 20.4. The Labute approximate surface area is 197 Å². The third kappa shape index (κ3) is 6.42. The molecule has 30 heavy (non-hydrogen) atoms. The molecule has 0 radical (unpaired) electrons. The highest BCUT2D eigenvalue weighted by Gasteiger charge is 2.25. The number of hydrogen-bond acceptors (Lipinski definition) is 4. The summed E-state index contributed by atoms with van der Waals surface area (Å²) < 4.78 is 11.0. The van der Waals surface area contributed by atoms with Crippen LogP contribution in [0.25, 0.3) is 0 Å². The van der Waals surface area contributed by atoms with Crippen LogP contribution in [0.1, 0.15) is 18.9 Å². The molecule has 6 nitrogen and oxygen atoms in total. The maximum absolute atomic E-state index is 5.52. The van der Waals surface area contributed by atoms with Gasteiger partial charge in [0.15, 0.2) is 5.96 Å². The Morgan fingerprint density at radius 1 is 1.07 bits per heavy atom. The minimum atomic E-state index is 0. The first kappa shape index (κ1) is 24.1. The van der Waals surface area contributed by atoms with Crippen molar-refractivity contribution < 1.29 is 9.47 Å². The summed E-state index contributed by atoms with van der Waals surface area (Å²) in [6.07, 6.45) is 1.91. The summed E-state index contributed by atoms with van der Waals surface area (Å²) in [5.41, 5.74) is 2.33. The van der Waals surface area contributed by atoms with Crippen molar-refractivity contribution in [3.05, 3.63) is 54.1 Å². The Morgan fingerprint density at radius 3 is 2.50 bits per heavy atom. The number of halogens is 1. The van der Waals surface area contributed by atoms with Gasteiger partial charge >= 0.3 is 0 Å². The topological polar surface area (TPSA) is 58.1 Å². The van der Waals surface area contributed by atoms with E-state index in [1.165, 1.54) is 5.56 Å². The standard InChI is InChI=1S/C23H32N4O2.HI/c1-4-24-23(25-15-13-18-9-5-7-11-21(18)28-2)26-19-14-16-27(17-19)20-10-6-8-12-22(20)29-3;/h5-12,19H,4,13-17H2,1-3H3,(H2,24,25,26);1H. The van der Waals surface area contributed by atoms with Crippen molar-refractivity contribution in [3.8, 4) is 11.5 Å². The molecule has 7 heteroatoms. The van der Waals surface area contributed by atoms with E-state index < -0.39 is 0 Å². The van der Waals surface area contributed by atoms with Crippen LogP contribution >= 0.6 is 24.0 Å². The van der Waals surface area contributed by atoms with E-state index >= 15 is 0 Å². The van der Waals surface area contributed by atoms with Crippen LogP contribution in [0.3, 0.4) is 0 Å². The number of ether oxygens (including phenoxy) is 2. The summed E-state index contributed by atoms with van der Waals surface area (Å²) in [6, 6.07) is 16.7. The highest BCUT2D eigenvalue weighted by molar-refractivity contribution is 14.0. The zero-order valence-electron chi connectivity index (χ0n) is 18.1. The molecule has 0 saturated carbocycles. The SMILES string of the molecule is CCNC(=NCCc1ccccc1OC)NC1CCN(c2ccccc2OC)C1.I. The maximum atomic E-state index is 5.52. The number of hydrogen-bond donors (Lipinski definition) is 2. The molecule has 2 aromatic rings. The van der Waals surface area contributed by atoms with Crippen molar-refractivity contribution in [1.82, 2.24) is 10.6 Å². The molecule has 1 saturated heterocycles. The lowest BCUT2D eigenvalue weighted by molar-refractivity contribution is 0.410. The highest BCUT2D eigenvalue weighted by Crippen LogP contribution is 2.30. The van der Waals surface area contributed by atoms with Gasteiger partial charge in [0.1, 0.15) is 11.5 Å². The van der Waals surface area contributed by atoms with Gasteiger partial charge in [0, 0.05) is 32.2 Å². The van der Waals surface area contributed by atoms with Gasteiger partial charge in [0.2, 0.25) is 0 Å². The second-order valence-electron chi connectivity index (χ2n) is 7.07. The van der Waals surface area contributed by atoms with Crippen molar-refractivity contribution in [2.75, 3.05) is 45.3 Å². The number of methoxy groups -OCH3 is 2. The summed E-state index contributed by atoms with van der Waals surface area (Å²) in [5.74, 6) is 2.71. The van der Waals surface area contributed by atoms with E-state index in [0.29, 0.717) is 12.6 Å². The fourth-order valence-corrected chi connectivity index (χ4v) is 3.70. The van der Waals surface area contributed by atoms with Crippen LogP contribution in [0, 0.1) is 0 Å². The number of nitrogens with one attached hydrogen (secondary N) is 2. The van der Waals surface area contributed by atoms with E-state index in [0.717, 1.165) is 55.6 Å². The second kappa shape index (κ2) is 12.5. The van der Waals surface area contributed by atoms with Gasteiger partial charge in [-0.15, -0.1) is 24.0 Å². The smallest absolute Gasteiger partial charge is 0.191 e. The number of guanidine groups is 1. The fourth-order valence-electron chi connectivity index (χ4n) is 3.70. The molecule has 1 atom stereocenters. The summed E-state index contributed by atoms with van der Waals surface area (Å²) in [6.45, 7) is 5.56. The molecule has 0 amide bonds. The van der Waals surface area contributed by atoms with Gasteiger partial charge in [-0.05, 0) is 43.5 Å². The van der Waals surface area contributed by atoms with E-state index in [2.05, 4.69) is 40.7 Å². The first-order chi connectivity index (χ1) is 14.2. The minimum Gasteiger partial charge on any atom is -0.496 e. The van der Waals surface area contributed by atoms with Gasteiger partial charge in [0.25, 0.3) is 0 Å². The summed E-state index contributed by atoms with van der Waals surface area (Å²) in [4.78, 5) is 7.14. The van der Waals surface area contributed by atoms with Gasteiger partial charge < -0.3 is 25.0 Å². The summed E-state index contributed by atoms with van der Waals surface area (Å²) in [5, 5.41) is 6.96. The van der Waals surface area contributed by atoms with Crippen molar-refractivity contribution in [1.29, 1.82) is 0 Å². The maximum Gasteiger partial charge on any atom is 0.191 e. The molecule has 3 rings (SSSR count). The molecule has 164 valence electrons. The van der Waals surface area contributed by atoms with Crippen molar-refractivity contribution >= 4 is 35.6 Å². The third-order valence-corrected chi connectivity index (χ3v) is 5.14. The van der Waals surface area contributed by atoms with Crippen LogP contribution in [0.15, 0.2) is 53.5 Å². The number of nitrogens with zero attached hydrogens (tertiary/aromatic N) is 2. The molecule has 0 bridgehead atoms. The third-order valence-electron chi connectivity index (χ3n) is 5.14. The molecule has 0 aromatic heterocycles. The predicted molar refractivity (Wildman–Crippen MR) is 135 cm³/mol. The number of rotatable bonds is 8. The van der Waals surface area contributed by atoms with Crippen LogP contribution in [0.4, 0.5) is 5.69 Å². The Balaban J connectivity index is 0.00000320. The lowest BCUT2D eigenvalue weighted by atomic mass is 10.1. The van der Waals surface area contributed by atoms with E-state index in [9.17, 15) is 0 Å². The predicted octanol–water partition coefficient (Wildman–Crippen LogP) is 3.70. The quantitative estimate of drug-likeness (QED) is 0.314. The van der Waals surface area contributed by atoms with E-state index in [1.807, 2.05) is 30.3 Å². The molecule has 1 aliphatic rings. The van der Waals surface area contributed by atoms with E-state index in [4.69, 9.17) is 14.5 Å². The molecule has 0 aliphatic carbocycles. The number of anilines is 1. The van der Waals surface area contributed by atoms with E-state index in [1.54, 1.807) is 14.2 Å². The van der Waals surface area contributed by atoms with Gasteiger partial charge in [0.05, 0.1) is 19.9 Å². The normalized spacial score (nSPS) is 16.0. The van der Waals surface area contributed by atoms with Gasteiger partial charge in [-0.3, -0.25) is 4.99 Å². The monoisotopic (exact) mass is 524 g/mol. The minimum absolute atomic E-state index is 0. The zero-order chi connectivity index (χ0) is 20.5. The van der Waals surface area contributed by atoms with Crippen LogP contribution < -0.4 is 25.0 Å². The van der Waals surface area contributed by atoms with Crippen LogP contribution in [-0.4, -0.2) is 52.4 Å². The lowest BCUT2D eigenvalue weighted by Crippen LogP contribution is -2.44. The Bertz CT molecular complexity index is 815. The van der Waals surface area contributed by atoms with Crippen molar-refractivity contribution in [2.45, 2.75) is 25.8 Å². The summed E-state index contributed by atoms with van der Waals surface area (Å²) in [7, 11) is 3.43. The number of para-hydroxylation sites is 3. The molecular formula is C23H33IN4O2. The fraction of sp³-hybridized carbons (Fsp3) is 0.435. The molecule has 2 N–H and O–H groups in total. The number of benzene rings is 2. The number of aliphatic imine (C=N–C) groups is 1. The van der Waals surface area contributed by atoms with Crippen LogP contribution in [0.5, 0.6) is 11.5 Å². The molecule has 2 aromatic carbocycles. The molecule has 1 unspecified atom stereocenters. The van der Waals surface area contributed by atoms with Crippen LogP contribution in [-0.2, 0) is 6.42 Å². The summed E-state index contributed by atoms with van der Waals surface area (Å²) >= 11 is 0. The van der Waals surface area contributed by atoms with Gasteiger partial charge in [-0.25, -0.2) is 0 Å². The first-order valence-electron chi connectivity index (χ1n) is 10.3. The first-order valence-corrected chi connectivity index (χ1v) is 10.3. The van der Waals surface area contributed by atoms with Crippen molar-refractivity contribution in [3.63, 3.8) is 0 Å². The highest BCUT2D eigenvalue weighted by atomic mass is 127. The second-order valence-corrected chi connectivity index (χ2v) is 7.07. The Morgan fingerprint density at radius 2 is 1.77 bits per heavy atom. The van der Waals surface area contributed by atoms with Gasteiger partial charge in [-0.1, -0.05) is 30.3 Å². The molecule has 1 fully saturated rings.